The Bertz CT molecular complexity index is 1090. The number of ether oxygens (including phenoxy) is 1. The Morgan fingerprint density at radius 1 is 1.03 bits per heavy atom. The van der Waals surface area contributed by atoms with Gasteiger partial charge in [-0.1, -0.05) is 34.1 Å². The summed E-state index contributed by atoms with van der Waals surface area (Å²) >= 11 is 3.39. The third-order valence-corrected chi connectivity index (χ3v) is 5.93. The van der Waals surface area contributed by atoms with Crippen molar-refractivity contribution in [3.63, 3.8) is 0 Å². The van der Waals surface area contributed by atoms with Gasteiger partial charge in [-0.15, -0.1) is 6.58 Å². The van der Waals surface area contributed by atoms with Crippen molar-refractivity contribution in [3.8, 4) is 0 Å². The quantitative estimate of drug-likeness (QED) is 0.183. The van der Waals surface area contributed by atoms with Crippen LogP contribution in [-0.2, 0) is 9.53 Å². The molecule has 2 rings (SSSR count). The molecule has 1 N–H and O–H groups in total. The highest BCUT2D eigenvalue weighted by Crippen LogP contribution is 2.26. The van der Waals surface area contributed by atoms with Crippen molar-refractivity contribution in [1.29, 1.82) is 0 Å². The molecule has 0 radical (unpaired) electrons. The normalized spacial score (nSPS) is 12.1. The first kappa shape index (κ1) is 33.3. The van der Waals surface area contributed by atoms with Crippen LogP contribution < -0.4 is 17.7 Å². The van der Waals surface area contributed by atoms with Gasteiger partial charge in [-0.2, -0.15) is 0 Å². The summed E-state index contributed by atoms with van der Waals surface area (Å²) in [5.74, 6) is -1.05. The second-order valence-electron chi connectivity index (χ2n) is 11.0. The molecule has 1 unspecified atom stereocenters. The van der Waals surface area contributed by atoms with E-state index in [0.717, 1.165) is 21.9 Å². The molecule has 38 heavy (non-hydrogen) atoms. The van der Waals surface area contributed by atoms with Gasteiger partial charge in [-0.05, 0) is 62.7 Å². The van der Waals surface area contributed by atoms with Crippen molar-refractivity contribution in [2.75, 3.05) is 40.8 Å². The van der Waals surface area contributed by atoms with E-state index in [-0.39, 0.29) is 30.8 Å². The van der Waals surface area contributed by atoms with Crippen LogP contribution in [0.2, 0.25) is 0 Å². The van der Waals surface area contributed by atoms with Gasteiger partial charge in [0.05, 0.1) is 39.9 Å². The van der Waals surface area contributed by atoms with Gasteiger partial charge in [-0.3, -0.25) is 9.59 Å². The van der Waals surface area contributed by atoms with Crippen LogP contribution >= 0.6 is 15.9 Å². The Morgan fingerprint density at radius 2 is 1.58 bits per heavy atom. The molecular weight excluding hydrogens is 570 g/mol. The third-order valence-electron chi connectivity index (χ3n) is 5.40. The lowest BCUT2D eigenvalue weighted by molar-refractivity contribution is -0.870. The van der Waals surface area contributed by atoms with Crippen molar-refractivity contribution in [2.45, 2.75) is 38.8 Å². The highest BCUT2D eigenvalue weighted by Gasteiger charge is 2.33. The van der Waals surface area contributed by atoms with Crippen molar-refractivity contribution in [2.24, 2.45) is 0 Å². The zero-order valence-corrected chi connectivity index (χ0v) is 25.4. The molecule has 0 bridgehead atoms. The molecule has 9 heteroatoms. The Hall–Kier alpha value is -2.68. The molecule has 0 fully saturated rings. The maximum Gasteiger partial charge on any atom is 0.338 e. The number of rotatable bonds is 11. The van der Waals surface area contributed by atoms with E-state index in [9.17, 15) is 14.4 Å². The van der Waals surface area contributed by atoms with E-state index < -0.39 is 17.6 Å². The maximum absolute atomic E-state index is 13.5. The van der Waals surface area contributed by atoms with Gasteiger partial charge in [-0.25, -0.2) is 4.79 Å². The molecule has 2 amide bonds. The van der Waals surface area contributed by atoms with Crippen LogP contribution in [0.1, 0.15) is 59.5 Å². The summed E-state index contributed by atoms with van der Waals surface area (Å²) in [6.45, 7) is 10.8. The van der Waals surface area contributed by atoms with E-state index in [1.54, 1.807) is 54.6 Å². The molecule has 0 aliphatic rings. The van der Waals surface area contributed by atoms with Crippen molar-refractivity contribution in [3.05, 3.63) is 82.3 Å². The van der Waals surface area contributed by atoms with E-state index >= 15 is 0 Å². The highest BCUT2D eigenvalue weighted by atomic mass is 79.9. The SMILES string of the molecule is C=CCN(C(=O)c1ccc(Br)cc1)C(C(=O)NC(C)(C)C)c1ccc(C(=O)OCCC[N+](C)(C)C)cc1.[Cl-]. The molecule has 0 heterocycles. The average molecular weight is 609 g/mol. The predicted molar refractivity (Wildman–Crippen MR) is 150 cm³/mol. The monoisotopic (exact) mass is 607 g/mol. The van der Waals surface area contributed by atoms with Gasteiger partial charge in [0.25, 0.3) is 5.91 Å². The van der Waals surface area contributed by atoms with Crippen molar-refractivity contribution >= 4 is 33.7 Å². The molecule has 0 saturated heterocycles. The maximum atomic E-state index is 13.5. The molecule has 208 valence electrons. The minimum atomic E-state index is -0.928. The van der Waals surface area contributed by atoms with Crippen molar-refractivity contribution in [1.82, 2.24) is 10.2 Å². The molecule has 2 aromatic carbocycles. The number of carbonyl (C=O) groups is 3. The van der Waals surface area contributed by atoms with E-state index in [1.807, 2.05) is 20.8 Å². The topological polar surface area (TPSA) is 75.7 Å². The fraction of sp³-hybridized carbons (Fsp3) is 0.414. The Balaban J connectivity index is 0.00000722. The van der Waals surface area contributed by atoms with Crippen LogP contribution in [0.4, 0.5) is 0 Å². The second-order valence-corrected chi connectivity index (χ2v) is 11.9. The summed E-state index contributed by atoms with van der Waals surface area (Å²) in [6, 6.07) is 12.7. The number of amides is 2. The van der Waals surface area contributed by atoms with Crippen molar-refractivity contribution < 1.29 is 36.0 Å². The van der Waals surface area contributed by atoms with Crippen LogP contribution in [0.3, 0.4) is 0 Å². The van der Waals surface area contributed by atoms with Gasteiger partial charge in [0.1, 0.15) is 6.04 Å². The summed E-state index contributed by atoms with van der Waals surface area (Å²) in [5, 5.41) is 2.99. The Labute approximate surface area is 241 Å². The van der Waals surface area contributed by atoms with E-state index in [2.05, 4.69) is 49.0 Å². The summed E-state index contributed by atoms with van der Waals surface area (Å²) in [6.07, 6.45) is 2.35. The first-order valence-corrected chi connectivity index (χ1v) is 13.1. The number of hydrogen-bond acceptors (Lipinski definition) is 4. The molecule has 2 aromatic rings. The number of halogens is 2. The van der Waals surface area contributed by atoms with Crippen LogP contribution in [0.25, 0.3) is 0 Å². The smallest absolute Gasteiger partial charge is 0.338 e. The van der Waals surface area contributed by atoms with Gasteiger partial charge in [0, 0.05) is 28.5 Å². The van der Waals surface area contributed by atoms with Crippen LogP contribution in [0.15, 0.2) is 65.7 Å². The molecule has 1 atom stereocenters. The fourth-order valence-corrected chi connectivity index (χ4v) is 3.97. The van der Waals surface area contributed by atoms with Gasteiger partial charge in [0.15, 0.2) is 0 Å². The van der Waals surface area contributed by atoms with Crippen LogP contribution in [0.5, 0.6) is 0 Å². The molecule has 7 nitrogen and oxygen atoms in total. The van der Waals surface area contributed by atoms with E-state index in [0.29, 0.717) is 23.3 Å². The number of benzene rings is 2. The molecule has 0 aliphatic carbocycles. The largest absolute Gasteiger partial charge is 1.00 e. The Kier molecular flexibility index (Phi) is 12.7. The predicted octanol–water partition coefficient (Wildman–Crippen LogP) is 1.99. The van der Waals surface area contributed by atoms with E-state index in [4.69, 9.17) is 4.74 Å². The van der Waals surface area contributed by atoms with Gasteiger partial charge < -0.3 is 31.8 Å². The lowest BCUT2D eigenvalue weighted by atomic mass is 9.99. The minimum absolute atomic E-state index is 0. The lowest BCUT2D eigenvalue weighted by Gasteiger charge is -2.33. The zero-order chi connectivity index (χ0) is 27.8. The first-order chi connectivity index (χ1) is 17.2. The molecule has 0 spiro atoms. The number of nitrogens with zero attached hydrogens (tertiary/aromatic N) is 2. The molecule has 0 saturated carbocycles. The average Bonchev–Trinajstić information content (AvgIpc) is 2.80. The summed E-state index contributed by atoms with van der Waals surface area (Å²) in [5.41, 5.74) is 0.910. The number of quaternary nitrogens is 1. The fourth-order valence-electron chi connectivity index (χ4n) is 3.70. The summed E-state index contributed by atoms with van der Waals surface area (Å²) < 4.78 is 7.06. The van der Waals surface area contributed by atoms with Gasteiger partial charge in [0.2, 0.25) is 5.91 Å². The highest BCUT2D eigenvalue weighted by molar-refractivity contribution is 9.10. The second kappa shape index (κ2) is 14.5. The Morgan fingerprint density at radius 3 is 2.08 bits per heavy atom. The zero-order valence-electron chi connectivity index (χ0n) is 23.1. The first-order valence-electron chi connectivity index (χ1n) is 12.3. The number of nitrogens with one attached hydrogen (secondary N) is 1. The van der Waals surface area contributed by atoms with Crippen LogP contribution in [-0.4, -0.2) is 73.5 Å². The van der Waals surface area contributed by atoms with Gasteiger partial charge >= 0.3 is 5.97 Å². The lowest BCUT2D eigenvalue weighted by Crippen LogP contribution is -3.00. The van der Waals surface area contributed by atoms with E-state index in [1.165, 1.54) is 4.90 Å². The summed E-state index contributed by atoms with van der Waals surface area (Å²) in [7, 11) is 6.26. The third kappa shape index (κ3) is 10.6. The molecule has 0 aliphatic heterocycles. The number of esters is 1. The molecule has 0 aromatic heterocycles. The molecular formula is C29H39BrClN3O4. The van der Waals surface area contributed by atoms with Crippen LogP contribution in [0, 0.1) is 0 Å². The standard InChI is InChI=1S/C29H38BrN3O4.ClH/c1-8-18-32(27(35)22-14-16-24(30)17-15-22)25(26(34)31-29(2,3)4)21-10-12-23(13-11-21)28(36)37-20-9-19-33(5,6)7;/h8,10-17,25H,1,9,18-20H2,2-7H3;1H. The number of carbonyl (C=O) groups excluding carboxylic acids is 3. The minimum Gasteiger partial charge on any atom is -1.00 e. The summed E-state index contributed by atoms with van der Waals surface area (Å²) in [4.78, 5) is 41.1. The number of hydrogen-bond donors (Lipinski definition) is 1.